The predicted molar refractivity (Wildman–Crippen MR) is 173 cm³/mol. The van der Waals surface area contributed by atoms with Crippen LogP contribution >= 0.6 is 11.6 Å². The molecule has 0 bridgehead atoms. The fourth-order valence-electron chi connectivity index (χ4n) is 6.02. The first-order chi connectivity index (χ1) is 21.0. The van der Waals surface area contributed by atoms with Gasteiger partial charge in [0.1, 0.15) is 29.9 Å². The van der Waals surface area contributed by atoms with Gasteiger partial charge in [-0.3, -0.25) is 9.69 Å². The van der Waals surface area contributed by atoms with Gasteiger partial charge in [0, 0.05) is 40.0 Å². The molecule has 7 nitrogen and oxygen atoms in total. The Balaban J connectivity index is 1.35. The van der Waals surface area contributed by atoms with Crippen LogP contribution in [-0.2, 0) is 11.2 Å². The van der Waals surface area contributed by atoms with E-state index in [1.807, 2.05) is 89.2 Å². The minimum absolute atomic E-state index is 0.0258. The molecule has 2 N–H and O–H groups in total. The highest BCUT2D eigenvalue weighted by molar-refractivity contribution is 6.31. The highest BCUT2D eigenvalue weighted by Gasteiger charge is 2.36. The summed E-state index contributed by atoms with van der Waals surface area (Å²) in [4.78, 5) is 31.2. The van der Waals surface area contributed by atoms with E-state index in [1.165, 1.54) is 0 Å². The molecule has 2 heterocycles. The van der Waals surface area contributed by atoms with Crippen molar-refractivity contribution in [3.8, 4) is 11.5 Å². The van der Waals surface area contributed by atoms with E-state index in [2.05, 4.69) is 4.98 Å². The molecular formula is C36H41ClN2O5. The number of carbonyl (C=O) groups is 2. The molecule has 0 radical (unpaired) electrons. The van der Waals surface area contributed by atoms with Gasteiger partial charge in [0.25, 0.3) is 0 Å². The lowest BCUT2D eigenvalue weighted by Crippen LogP contribution is -2.42. The summed E-state index contributed by atoms with van der Waals surface area (Å²) in [6.45, 7) is 10.3. The summed E-state index contributed by atoms with van der Waals surface area (Å²) >= 11 is 6.35. The number of rotatable bonds is 10. The smallest absolute Gasteiger partial charge is 0.416 e. The maximum absolute atomic E-state index is 13.6. The van der Waals surface area contributed by atoms with Crippen LogP contribution in [0.4, 0.5) is 4.79 Å². The lowest BCUT2D eigenvalue weighted by molar-refractivity contribution is -0.127. The van der Waals surface area contributed by atoms with Crippen molar-refractivity contribution < 1.29 is 24.2 Å². The molecule has 8 heteroatoms. The topological polar surface area (TPSA) is 91.9 Å². The van der Waals surface area contributed by atoms with E-state index in [4.69, 9.17) is 21.1 Å². The highest BCUT2D eigenvalue weighted by Crippen LogP contribution is 2.40. The number of ketones is 1. The molecule has 1 aliphatic rings. The molecule has 4 aromatic rings. The number of H-pyrrole nitrogens is 1. The molecule has 5 rings (SSSR count). The van der Waals surface area contributed by atoms with Crippen LogP contribution in [0, 0.1) is 24.7 Å². The molecule has 0 fully saturated rings. The average molecular weight is 617 g/mol. The molecular weight excluding hydrogens is 576 g/mol. The number of Topliss-reactive ketones (excluding diaryl/α,β-unsaturated/α-hetero) is 1. The fourth-order valence-corrected chi connectivity index (χ4v) is 6.19. The van der Waals surface area contributed by atoms with E-state index < -0.39 is 18.2 Å². The zero-order chi connectivity index (χ0) is 31.5. The summed E-state index contributed by atoms with van der Waals surface area (Å²) in [6, 6.07) is 20.4. The number of benzene rings is 3. The SMILES string of the molecule is Cc1ccc(OC(=O)N2CCc3c([nH]c4ccc(Cl)cc34)C2c2ccc(OCC(O)CC(C)C(C)C(=O)C(C)C)cc2)cc1. The van der Waals surface area contributed by atoms with E-state index in [-0.39, 0.29) is 30.1 Å². The number of aromatic nitrogens is 1. The summed E-state index contributed by atoms with van der Waals surface area (Å²) in [7, 11) is 0. The Morgan fingerprint density at radius 1 is 1.00 bits per heavy atom. The van der Waals surface area contributed by atoms with Crippen LogP contribution < -0.4 is 9.47 Å². The number of aryl methyl sites for hydroxylation is 1. The van der Waals surface area contributed by atoms with Crippen LogP contribution in [0.1, 0.15) is 62.5 Å². The third-order valence-corrected chi connectivity index (χ3v) is 8.94. The summed E-state index contributed by atoms with van der Waals surface area (Å²) in [5, 5.41) is 12.3. The Bertz CT molecular complexity index is 1610. The Kier molecular flexibility index (Phi) is 9.66. The number of amides is 1. The normalized spacial score (nSPS) is 16.8. The Morgan fingerprint density at radius 2 is 1.68 bits per heavy atom. The van der Waals surface area contributed by atoms with E-state index in [9.17, 15) is 14.7 Å². The standard InChI is InChI=1S/C36H41ClN2O5/c1-21(2)35(41)24(5)23(4)18-27(40)20-43-28-13-8-25(9-14-28)34-33-30(31-19-26(37)10-15-32(31)38-33)16-17-39(34)36(42)44-29-11-6-22(3)7-12-29/h6-15,19,21,23-24,27,34,38,40H,16-18,20H2,1-5H3. The lowest BCUT2D eigenvalue weighted by Gasteiger charge is -2.35. The summed E-state index contributed by atoms with van der Waals surface area (Å²) in [6.07, 6.45) is 0.0150. The van der Waals surface area contributed by atoms with Crippen molar-refractivity contribution in [1.29, 1.82) is 0 Å². The molecule has 0 aliphatic carbocycles. The number of nitrogens with one attached hydrogen (secondary N) is 1. The molecule has 0 saturated carbocycles. The third kappa shape index (κ3) is 6.95. The van der Waals surface area contributed by atoms with Crippen LogP contribution in [-0.4, -0.2) is 46.1 Å². The van der Waals surface area contributed by atoms with E-state index in [0.29, 0.717) is 35.9 Å². The predicted octanol–water partition coefficient (Wildman–Crippen LogP) is 7.90. The first kappa shape index (κ1) is 31.6. The zero-order valence-electron chi connectivity index (χ0n) is 26.0. The number of aliphatic hydroxyl groups excluding tert-OH is 1. The number of hydrogen-bond donors (Lipinski definition) is 2. The van der Waals surface area contributed by atoms with Crippen molar-refractivity contribution in [2.45, 2.75) is 59.6 Å². The second-order valence-electron chi connectivity index (χ2n) is 12.3. The van der Waals surface area contributed by atoms with Crippen LogP contribution in [0.5, 0.6) is 11.5 Å². The van der Waals surface area contributed by atoms with Crippen LogP contribution in [0.2, 0.25) is 5.02 Å². The van der Waals surface area contributed by atoms with Crippen LogP contribution in [0.25, 0.3) is 10.9 Å². The van der Waals surface area contributed by atoms with Gasteiger partial charge in [0.15, 0.2) is 0 Å². The second kappa shape index (κ2) is 13.4. The number of carbonyl (C=O) groups excluding carboxylic acids is 2. The van der Waals surface area contributed by atoms with Crippen molar-refractivity contribution in [1.82, 2.24) is 9.88 Å². The molecule has 0 saturated heterocycles. The molecule has 44 heavy (non-hydrogen) atoms. The lowest BCUT2D eigenvalue weighted by atomic mass is 9.84. The van der Waals surface area contributed by atoms with Gasteiger partial charge in [-0.1, -0.05) is 69.1 Å². The molecule has 3 aromatic carbocycles. The largest absolute Gasteiger partial charge is 0.491 e. The summed E-state index contributed by atoms with van der Waals surface area (Å²) in [5.41, 5.74) is 5.01. The summed E-state index contributed by atoms with van der Waals surface area (Å²) in [5.74, 6) is 1.21. The van der Waals surface area contributed by atoms with Gasteiger partial charge in [-0.2, -0.15) is 0 Å². The first-order valence-corrected chi connectivity index (χ1v) is 15.7. The van der Waals surface area contributed by atoms with Gasteiger partial charge < -0.3 is 19.6 Å². The fraction of sp³-hybridized carbons (Fsp3) is 0.389. The minimum Gasteiger partial charge on any atom is -0.491 e. The molecule has 1 amide bonds. The minimum atomic E-state index is -0.696. The first-order valence-electron chi connectivity index (χ1n) is 15.3. The highest BCUT2D eigenvalue weighted by atomic mass is 35.5. The quantitative estimate of drug-likeness (QED) is 0.189. The van der Waals surface area contributed by atoms with Crippen LogP contribution in [0.15, 0.2) is 66.7 Å². The van der Waals surface area contributed by atoms with E-state index in [1.54, 1.807) is 17.0 Å². The van der Waals surface area contributed by atoms with Crippen molar-refractivity contribution >= 4 is 34.4 Å². The number of halogens is 1. The zero-order valence-corrected chi connectivity index (χ0v) is 26.7. The van der Waals surface area contributed by atoms with E-state index >= 15 is 0 Å². The number of aliphatic hydroxyl groups is 1. The Morgan fingerprint density at radius 3 is 2.36 bits per heavy atom. The molecule has 1 aliphatic heterocycles. The van der Waals surface area contributed by atoms with Gasteiger partial charge in [-0.05, 0) is 79.3 Å². The molecule has 4 atom stereocenters. The molecule has 4 unspecified atom stereocenters. The Labute approximate surface area is 264 Å². The van der Waals surface area contributed by atoms with E-state index in [0.717, 1.165) is 33.3 Å². The van der Waals surface area contributed by atoms with Gasteiger partial charge in [0.05, 0.1) is 6.10 Å². The third-order valence-electron chi connectivity index (χ3n) is 8.70. The number of nitrogens with zero attached hydrogens (tertiary/aromatic N) is 1. The van der Waals surface area contributed by atoms with Crippen LogP contribution in [0.3, 0.4) is 0 Å². The number of aromatic amines is 1. The average Bonchev–Trinajstić information content (AvgIpc) is 3.37. The van der Waals surface area contributed by atoms with Gasteiger partial charge in [0.2, 0.25) is 0 Å². The molecule has 232 valence electrons. The van der Waals surface area contributed by atoms with Gasteiger partial charge in [-0.25, -0.2) is 4.79 Å². The Hall–Kier alpha value is -3.81. The van der Waals surface area contributed by atoms with Crippen molar-refractivity contribution in [3.63, 3.8) is 0 Å². The maximum Gasteiger partial charge on any atom is 0.416 e. The van der Waals surface area contributed by atoms with Gasteiger partial charge >= 0.3 is 6.09 Å². The number of fused-ring (bicyclic) bond motifs is 3. The monoisotopic (exact) mass is 616 g/mol. The summed E-state index contributed by atoms with van der Waals surface area (Å²) < 4.78 is 11.7. The van der Waals surface area contributed by atoms with Crippen molar-refractivity contribution in [2.24, 2.45) is 17.8 Å². The number of hydrogen-bond acceptors (Lipinski definition) is 5. The maximum atomic E-state index is 13.6. The molecule has 1 aromatic heterocycles. The second-order valence-corrected chi connectivity index (χ2v) is 12.8. The van der Waals surface area contributed by atoms with Crippen molar-refractivity contribution in [3.05, 3.63) is 94.1 Å². The van der Waals surface area contributed by atoms with Crippen molar-refractivity contribution in [2.75, 3.05) is 13.2 Å². The molecule has 0 spiro atoms. The van der Waals surface area contributed by atoms with Gasteiger partial charge in [-0.15, -0.1) is 0 Å². The number of ether oxygens (including phenoxy) is 2.